The van der Waals surface area contributed by atoms with Crippen LogP contribution < -0.4 is 10.6 Å². The van der Waals surface area contributed by atoms with E-state index in [4.69, 9.17) is 17.3 Å². The lowest BCUT2D eigenvalue weighted by atomic mass is 10.0. The van der Waals surface area contributed by atoms with E-state index in [2.05, 4.69) is 19.1 Å². The molecular formula is C23H19ClF2N6O4S2. The Kier molecular flexibility index (Phi) is 6.79. The van der Waals surface area contributed by atoms with E-state index in [1.165, 1.54) is 24.7 Å². The Balaban J connectivity index is 1.44. The van der Waals surface area contributed by atoms with Crippen molar-refractivity contribution in [2.75, 3.05) is 43.1 Å². The molecule has 0 aliphatic carbocycles. The molecule has 10 nitrogen and oxygen atoms in total. The first kappa shape index (κ1) is 26.0. The van der Waals surface area contributed by atoms with E-state index in [-0.39, 0.29) is 31.5 Å². The van der Waals surface area contributed by atoms with Gasteiger partial charge >= 0.3 is 16.1 Å². The van der Waals surface area contributed by atoms with Crippen molar-refractivity contribution >= 4 is 71.1 Å². The van der Waals surface area contributed by atoms with E-state index in [9.17, 15) is 17.6 Å². The lowest BCUT2D eigenvalue weighted by Gasteiger charge is -2.35. The standard InChI is InChI=1S/C23H19ClF2N6O4S2/c1-38(34,35)36-16(33)4-5-31-6-8-32(9-7-31)22-13-10-14(24)17(18(26)19(13)28-11-29-22)12-2-3-15(25)21-20(12)30-23(27)37-21/h2-5,10-11H,6-9H2,1H3,(H2,27,30). The summed E-state index contributed by atoms with van der Waals surface area (Å²) in [7, 11) is -3.89. The van der Waals surface area contributed by atoms with Crippen LogP contribution in [0.15, 0.2) is 36.8 Å². The molecule has 1 aliphatic heterocycles. The Bertz CT molecular complexity index is 1720. The van der Waals surface area contributed by atoms with E-state index < -0.39 is 27.7 Å². The lowest BCUT2D eigenvalue weighted by molar-refractivity contribution is -0.128. The van der Waals surface area contributed by atoms with Crippen LogP contribution in [0.4, 0.5) is 19.7 Å². The zero-order chi connectivity index (χ0) is 27.2. The molecule has 0 unspecified atom stereocenters. The number of thiazole rings is 1. The number of benzene rings is 2. The van der Waals surface area contributed by atoms with Crippen molar-refractivity contribution in [3.05, 3.63) is 53.5 Å². The minimum atomic E-state index is -3.89. The number of aromatic nitrogens is 3. The number of piperazine rings is 1. The van der Waals surface area contributed by atoms with Crippen molar-refractivity contribution in [3.8, 4) is 11.1 Å². The van der Waals surface area contributed by atoms with Gasteiger partial charge in [-0.2, -0.15) is 8.42 Å². The van der Waals surface area contributed by atoms with Gasteiger partial charge in [-0.15, -0.1) is 0 Å². The molecule has 15 heteroatoms. The van der Waals surface area contributed by atoms with Gasteiger partial charge in [0.1, 0.15) is 23.5 Å². The number of halogens is 3. The van der Waals surface area contributed by atoms with E-state index in [1.54, 1.807) is 6.07 Å². The molecule has 0 atom stereocenters. The molecule has 1 saturated heterocycles. The van der Waals surface area contributed by atoms with Crippen LogP contribution in [0.5, 0.6) is 0 Å². The van der Waals surface area contributed by atoms with Crippen molar-refractivity contribution in [3.63, 3.8) is 0 Å². The molecule has 0 saturated carbocycles. The second-order valence-electron chi connectivity index (χ2n) is 8.41. The van der Waals surface area contributed by atoms with Crippen LogP contribution in [-0.2, 0) is 19.1 Å². The van der Waals surface area contributed by atoms with Crippen LogP contribution in [0.25, 0.3) is 32.2 Å². The predicted molar refractivity (Wildman–Crippen MR) is 141 cm³/mol. The van der Waals surface area contributed by atoms with E-state index in [0.29, 0.717) is 42.9 Å². The number of hydrogen-bond acceptors (Lipinski definition) is 11. The van der Waals surface area contributed by atoms with Gasteiger partial charge in [0.05, 0.1) is 21.5 Å². The third-order valence-corrected chi connectivity index (χ3v) is 7.51. The van der Waals surface area contributed by atoms with Gasteiger partial charge in [0, 0.05) is 55.0 Å². The third-order valence-electron chi connectivity index (χ3n) is 5.85. The summed E-state index contributed by atoms with van der Waals surface area (Å²) in [4.78, 5) is 28.0. The molecule has 0 bridgehead atoms. The molecule has 4 aromatic rings. The molecule has 5 rings (SSSR count). The Morgan fingerprint density at radius 2 is 1.92 bits per heavy atom. The van der Waals surface area contributed by atoms with Gasteiger partial charge in [-0.1, -0.05) is 22.9 Å². The molecule has 198 valence electrons. The highest BCUT2D eigenvalue weighted by atomic mass is 35.5. The minimum absolute atomic E-state index is 0.0371. The van der Waals surface area contributed by atoms with Crippen LogP contribution in [-0.4, -0.2) is 66.7 Å². The maximum absolute atomic E-state index is 15.9. The maximum atomic E-state index is 15.9. The average Bonchev–Trinajstić information content (AvgIpc) is 3.25. The smallest absolute Gasteiger partial charge is 0.347 e. The molecule has 0 amide bonds. The van der Waals surface area contributed by atoms with Crippen molar-refractivity contribution in [1.82, 2.24) is 19.9 Å². The lowest BCUT2D eigenvalue weighted by Crippen LogP contribution is -2.44. The third kappa shape index (κ3) is 5.06. The number of nitrogens with two attached hydrogens (primary N) is 1. The van der Waals surface area contributed by atoms with E-state index in [0.717, 1.165) is 23.7 Å². The Morgan fingerprint density at radius 3 is 2.63 bits per heavy atom. The summed E-state index contributed by atoms with van der Waals surface area (Å²) in [6.07, 6.45) is 4.54. The number of nitrogens with zero attached hydrogens (tertiary/aromatic N) is 5. The Hall–Kier alpha value is -3.62. The summed E-state index contributed by atoms with van der Waals surface area (Å²) in [5.41, 5.74) is 6.37. The van der Waals surface area contributed by atoms with Crippen molar-refractivity contribution in [1.29, 1.82) is 0 Å². The zero-order valence-electron chi connectivity index (χ0n) is 19.7. The number of anilines is 2. The van der Waals surface area contributed by atoms with Gasteiger partial charge in [-0.3, -0.25) is 0 Å². The fraction of sp³-hybridized carbons (Fsp3) is 0.217. The van der Waals surface area contributed by atoms with Crippen LogP contribution in [0.3, 0.4) is 0 Å². The fourth-order valence-electron chi connectivity index (χ4n) is 4.24. The Morgan fingerprint density at radius 1 is 1.18 bits per heavy atom. The van der Waals surface area contributed by atoms with E-state index >= 15 is 4.39 Å². The first-order chi connectivity index (χ1) is 18.0. The number of fused-ring (bicyclic) bond motifs is 2. The fourth-order valence-corrected chi connectivity index (χ4v) is 5.65. The van der Waals surface area contributed by atoms with Gasteiger partial charge in [0.25, 0.3) is 0 Å². The van der Waals surface area contributed by atoms with Gasteiger partial charge < -0.3 is 19.7 Å². The van der Waals surface area contributed by atoms with Gasteiger partial charge in [-0.05, 0) is 18.2 Å². The monoisotopic (exact) mass is 580 g/mol. The molecule has 0 spiro atoms. The molecule has 0 radical (unpaired) electrons. The molecule has 1 aliphatic rings. The first-order valence-electron chi connectivity index (χ1n) is 11.1. The summed E-state index contributed by atoms with van der Waals surface area (Å²) >= 11 is 7.54. The minimum Gasteiger partial charge on any atom is -0.375 e. The zero-order valence-corrected chi connectivity index (χ0v) is 22.1. The normalized spacial score (nSPS) is 14.6. The molecular weight excluding hydrogens is 562 g/mol. The highest BCUT2D eigenvalue weighted by Crippen LogP contribution is 2.42. The highest BCUT2D eigenvalue weighted by molar-refractivity contribution is 7.86. The van der Waals surface area contributed by atoms with E-state index in [1.807, 2.05) is 9.80 Å². The highest BCUT2D eigenvalue weighted by Gasteiger charge is 2.24. The molecule has 38 heavy (non-hydrogen) atoms. The van der Waals surface area contributed by atoms with Gasteiger partial charge in [-0.25, -0.2) is 28.5 Å². The largest absolute Gasteiger partial charge is 0.375 e. The SMILES string of the molecule is CS(=O)(=O)OC(=O)C=CN1CCN(c2ncnc3c(F)c(-c4ccc(F)c5sc(N)nc45)c(Cl)cc23)CC1. The summed E-state index contributed by atoms with van der Waals surface area (Å²) in [6.45, 7) is 1.88. The predicted octanol–water partition coefficient (Wildman–Crippen LogP) is 3.56. The summed E-state index contributed by atoms with van der Waals surface area (Å²) in [5.74, 6) is -1.72. The number of carbonyl (C=O) groups excluding carboxylic acids is 1. The number of hydrogen-bond donors (Lipinski definition) is 1. The molecule has 3 heterocycles. The number of rotatable bonds is 5. The number of nitrogen functional groups attached to an aromatic ring is 1. The average molecular weight is 581 g/mol. The van der Waals surface area contributed by atoms with Crippen LogP contribution in [0, 0.1) is 11.6 Å². The molecule has 2 aromatic carbocycles. The second-order valence-corrected chi connectivity index (χ2v) is 11.4. The summed E-state index contributed by atoms with van der Waals surface area (Å²) in [5, 5.41) is 0.627. The maximum Gasteiger partial charge on any atom is 0.347 e. The van der Waals surface area contributed by atoms with Crippen molar-refractivity contribution in [2.24, 2.45) is 0 Å². The van der Waals surface area contributed by atoms with Gasteiger partial charge in [0.2, 0.25) is 0 Å². The molecule has 2 N–H and O–H groups in total. The van der Waals surface area contributed by atoms with Crippen LogP contribution in [0.1, 0.15) is 0 Å². The number of carbonyl (C=O) groups is 1. The molecule has 1 fully saturated rings. The van der Waals surface area contributed by atoms with Crippen LogP contribution >= 0.6 is 22.9 Å². The first-order valence-corrected chi connectivity index (χ1v) is 14.1. The molecule has 2 aromatic heterocycles. The van der Waals surface area contributed by atoms with Crippen molar-refractivity contribution in [2.45, 2.75) is 0 Å². The Labute approximate surface area is 224 Å². The van der Waals surface area contributed by atoms with Crippen LogP contribution in [0.2, 0.25) is 5.02 Å². The van der Waals surface area contributed by atoms with Gasteiger partial charge in [0.15, 0.2) is 10.9 Å². The topological polar surface area (TPSA) is 132 Å². The summed E-state index contributed by atoms with van der Waals surface area (Å²) in [6, 6.07) is 4.20. The second kappa shape index (κ2) is 9.93. The van der Waals surface area contributed by atoms with Crippen molar-refractivity contribution < 1.29 is 26.2 Å². The summed E-state index contributed by atoms with van der Waals surface area (Å²) < 4.78 is 56.8. The quantitative estimate of drug-likeness (QED) is 0.276.